The van der Waals surface area contributed by atoms with Gasteiger partial charge in [-0.2, -0.15) is 0 Å². The van der Waals surface area contributed by atoms with E-state index in [1.807, 2.05) is 113 Å². The molecule has 3 heterocycles. The smallest absolute Gasteiger partial charge is 0.409 e. The number of aliphatic carboxylic acids is 1. The van der Waals surface area contributed by atoms with Gasteiger partial charge in [0.2, 0.25) is 17.7 Å². The number of carboxylic acid groups (broad SMARTS) is 1. The number of alkyl carbamates (subject to hydrolysis) is 1. The summed E-state index contributed by atoms with van der Waals surface area (Å²) in [6.07, 6.45) is 8.11. The van der Waals surface area contributed by atoms with E-state index in [0.29, 0.717) is 55.1 Å². The van der Waals surface area contributed by atoms with E-state index in [4.69, 9.17) is 45.9 Å². The predicted molar refractivity (Wildman–Crippen MR) is 280 cm³/mol. The average molecular weight is 1030 g/mol. The summed E-state index contributed by atoms with van der Waals surface area (Å²) >= 11 is 8.02. The Morgan fingerprint density at radius 3 is 2.27 bits per heavy atom. The number of anilines is 1. The summed E-state index contributed by atoms with van der Waals surface area (Å²) < 4.78 is 21.7. The molecule has 0 radical (unpaired) electrons. The summed E-state index contributed by atoms with van der Waals surface area (Å²) in [7, 11) is 5.75. The maximum absolute atomic E-state index is 13.1. The van der Waals surface area contributed by atoms with Crippen LogP contribution in [0.4, 0.5) is 10.5 Å². The van der Waals surface area contributed by atoms with Gasteiger partial charge in [0, 0.05) is 64.6 Å². The fraction of sp³-hybridized carbons (Fsp3) is 0.706. The summed E-state index contributed by atoms with van der Waals surface area (Å²) in [5.41, 5.74) is 0.238. The Labute approximate surface area is 428 Å². The van der Waals surface area contributed by atoms with Gasteiger partial charge in [-0.1, -0.05) is 90.8 Å². The maximum atomic E-state index is 13.1. The number of carboxylic acids is 1. The van der Waals surface area contributed by atoms with Crippen molar-refractivity contribution in [3.63, 3.8) is 0 Å². The van der Waals surface area contributed by atoms with Crippen LogP contribution in [-0.4, -0.2) is 142 Å². The number of rotatable bonds is 14. The first-order valence-electron chi connectivity index (χ1n) is 24.3. The number of hydrogen-bond donors (Lipinski definition) is 6. The standard InChI is InChI=1S/C26H33ClN2O6.C18H34N2O6S.3C2H6.CH4O/c1-16-7-5-6-9-26(32)15-18(34-24(31)28-26)14-21-25(2,35-21)10-8-22(30)29(3)19-12-17(11-16)13-20(33-4)23(19)27;1-13(16(24)25)20(6)15(23)7-8-18(4,5)27-11-14(22)19-10-9-17(2,3)26-12-21;4*1-2/h5-7,12-13,18,21,32H,8-11,14-15H2,1-4H3,(H,28,31);13,21H,7-12H2,1-6H3,(H,19,22)(H,24,25);3*1-2H3;2H,1H3/b6-5+,16-7+;;;;;/t18?,21?,25?,26-;;;;;/m1...../s1. The number of allylic oxidation sites excluding steroid dienone is 3. The third kappa shape index (κ3) is 24.5. The maximum Gasteiger partial charge on any atom is 0.409 e. The topological polar surface area (TPSA) is 237 Å². The van der Waals surface area contributed by atoms with Crippen LogP contribution in [0.3, 0.4) is 0 Å². The molecule has 404 valence electrons. The molecule has 4 rings (SSSR count). The molecule has 0 saturated carbocycles. The number of carbonyl (C=O) groups excluding carboxylic acids is 4. The molecule has 19 heteroatoms. The van der Waals surface area contributed by atoms with Gasteiger partial charge >= 0.3 is 12.1 Å². The quantitative estimate of drug-likeness (QED) is 0.0758. The van der Waals surface area contributed by atoms with Gasteiger partial charge < -0.3 is 54.5 Å². The van der Waals surface area contributed by atoms with E-state index < -0.39 is 41.1 Å². The van der Waals surface area contributed by atoms with Crippen molar-refractivity contribution in [3.05, 3.63) is 46.5 Å². The number of fused-ring (bicyclic) bond motifs is 5. The first kappa shape index (κ1) is 68.2. The van der Waals surface area contributed by atoms with Gasteiger partial charge in [0.1, 0.15) is 35.4 Å². The van der Waals surface area contributed by atoms with Gasteiger partial charge in [0.05, 0.1) is 35.9 Å². The number of halogens is 1. The van der Waals surface area contributed by atoms with Crippen molar-refractivity contribution in [1.29, 1.82) is 0 Å². The van der Waals surface area contributed by atoms with E-state index in [9.17, 15) is 29.1 Å². The number of amides is 4. The van der Waals surface area contributed by atoms with Crippen LogP contribution >= 0.6 is 23.4 Å². The van der Waals surface area contributed by atoms with Crippen LogP contribution in [-0.2, 0) is 39.8 Å². The number of aliphatic hydroxyl groups is 3. The molecular formula is C51H89ClN4O13S. The number of likely N-dealkylation sites (N-methyl/N-ethyl adjacent to an activating group) is 1. The Morgan fingerprint density at radius 1 is 1.09 bits per heavy atom. The van der Waals surface area contributed by atoms with Crippen molar-refractivity contribution in [2.45, 2.75) is 188 Å². The van der Waals surface area contributed by atoms with Gasteiger partial charge in [-0.25, -0.2) is 9.59 Å². The zero-order valence-electron chi connectivity index (χ0n) is 45.2. The minimum Gasteiger partial charge on any atom is -0.495 e. The van der Waals surface area contributed by atoms with E-state index in [0.717, 1.165) is 18.2 Å². The number of benzene rings is 1. The Kier molecular flexibility index (Phi) is 32.8. The number of methoxy groups -OCH3 is 1. The molecule has 3 aliphatic rings. The summed E-state index contributed by atoms with van der Waals surface area (Å²) in [5, 5.41) is 41.5. The second kappa shape index (κ2) is 33.7. The molecule has 1 aromatic carbocycles. The van der Waals surface area contributed by atoms with Crippen LogP contribution in [0.2, 0.25) is 5.02 Å². The fourth-order valence-corrected chi connectivity index (χ4v) is 8.10. The zero-order chi connectivity index (χ0) is 54.6. The fourth-order valence-electron chi connectivity index (χ4n) is 6.92. The third-order valence-corrected chi connectivity index (χ3v) is 13.2. The molecule has 0 aromatic heterocycles. The van der Waals surface area contributed by atoms with Gasteiger partial charge in [0.25, 0.3) is 0 Å². The molecule has 4 amide bonds. The van der Waals surface area contributed by atoms with Crippen molar-refractivity contribution in [2.24, 2.45) is 0 Å². The molecule has 0 spiro atoms. The highest BCUT2D eigenvalue weighted by Crippen LogP contribution is 2.45. The highest BCUT2D eigenvalue weighted by molar-refractivity contribution is 8.01. The lowest BCUT2D eigenvalue weighted by molar-refractivity contribution is -0.148. The normalized spacial score (nSPS) is 22.5. The first-order valence-corrected chi connectivity index (χ1v) is 25.6. The van der Waals surface area contributed by atoms with E-state index in [2.05, 4.69) is 10.6 Å². The third-order valence-electron chi connectivity index (χ3n) is 11.4. The molecule has 1 aromatic rings. The largest absolute Gasteiger partial charge is 0.495 e. The van der Waals surface area contributed by atoms with Crippen molar-refractivity contribution >= 4 is 58.8 Å². The van der Waals surface area contributed by atoms with Crippen LogP contribution in [0.15, 0.2) is 35.9 Å². The molecule has 5 atom stereocenters. The summed E-state index contributed by atoms with van der Waals surface area (Å²) in [5.74, 6) is -0.675. The van der Waals surface area contributed by atoms with Crippen LogP contribution in [0.1, 0.15) is 147 Å². The van der Waals surface area contributed by atoms with E-state index in [-0.39, 0.29) is 66.8 Å². The average Bonchev–Trinajstić information content (AvgIpc) is 3.97. The lowest BCUT2D eigenvalue weighted by Gasteiger charge is -2.36. The van der Waals surface area contributed by atoms with Gasteiger partial charge in [-0.15, -0.1) is 11.8 Å². The minimum atomic E-state index is -1.39. The number of thioether (sulfide) groups is 1. The molecular weight excluding hydrogens is 944 g/mol. The van der Waals surface area contributed by atoms with Crippen LogP contribution in [0.25, 0.3) is 0 Å². The van der Waals surface area contributed by atoms with Crippen LogP contribution in [0.5, 0.6) is 5.75 Å². The number of ether oxygens (including phenoxy) is 4. The lowest BCUT2D eigenvalue weighted by atomic mass is 9.92. The van der Waals surface area contributed by atoms with Gasteiger partial charge in [0.15, 0.2) is 0 Å². The Balaban J connectivity index is 0. The Bertz CT molecular complexity index is 1830. The number of nitrogens with zero attached hydrogens (tertiary/aromatic N) is 2. The molecule has 0 aliphatic carbocycles. The van der Waals surface area contributed by atoms with Crippen molar-refractivity contribution in [3.8, 4) is 5.75 Å². The van der Waals surface area contributed by atoms with E-state index >= 15 is 0 Å². The zero-order valence-corrected chi connectivity index (χ0v) is 46.8. The molecule has 70 heavy (non-hydrogen) atoms. The summed E-state index contributed by atoms with van der Waals surface area (Å²) in [6.45, 7) is 25.1. The number of nitrogens with one attached hydrogen (secondary N) is 2. The number of epoxide rings is 1. The van der Waals surface area contributed by atoms with E-state index in [1.54, 1.807) is 19.1 Å². The number of hydrogen-bond acceptors (Lipinski definition) is 13. The number of carbonyl (C=O) groups is 5. The molecule has 4 bridgehead atoms. The predicted octanol–water partition coefficient (Wildman–Crippen LogP) is 8.42. The highest BCUT2D eigenvalue weighted by Gasteiger charge is 2.54. The van der Waals surface area contributed by atoms with E-state index in [1.165, 1.54) is 30.6 Å². The lowest BCUT2D eigenvalue weighted by Crippen LogP contribution is -2.56. The van der Waals surface area contributed by atoms with Gasteiger partial charge in [-0.05, 0) is 78.0 Å². The molecule has 4 unspecified atom stereocenters. The van der Waals surface area contributed by atoms with Crippen LogP contribution in [0, 0.1) is 0 Å². The monoisotopic (exact) mass is 1030 g/mol. The van der Waals surface area contributed by atoms with Crippen molar-refractivity contribution < 1.29 is 63.3 Å². The number of aliphatic hydroxyl groups excluding tert-OH is 2. The highest BCUT2D eigenvalue weighted by atomic mass is 35.5. The Hall–Kier alpha value is -3.91. The van der Waals surface area contributed by atoms with Crippen molar-refractivity contribution in [1.82, 2.24) is 15.5 Å². The summed E-state index contributed by atoms with van der Waals surface area (Å²) in [6, 6.07) is 2.92. The second-order valence-corrected chi connectivity index (χ2v) is 19.7. The van der Waals surface area contributed by atoms with Crippen molar-refractivity contribution in [2.75, 3.05) is 52.3 Å². The Morgan fingerprint density at radius 2 is 1.70 bits per heavy atom. The minimum absolute atomic E-state index is 0.0858. The molecule has 17 nitrogen and oxygen atoms in total. The summed E-state index contributed by atoms with van der Waals surface area (Å²) in [4.78, 5) is 63.0. The molecule has 2 fully saturated rings. The first-order chi connectivity index (χ1) is 32.8. The van der Waals surface area contributed by atoms with Crippen LogP contribution < -0.4 is 20.3 Å². The van der Waals surface area contributed by atoms with Gasteiger partial charge in [-0.3, -0.25) is 19.7 Å². The second-order valence-electron chi connectivity index (χ2n) is 17.6. The molecule has 3 aliphatic heterocycles. The SMILES string of the molecule is CC.CC.CC.CC(C(=O)O)N(C)C(=O)CCC(C)(C)SCC(=O)NCCC(C)(C)OCO.CO.COc1cc2cc(c1Cl)N(C)C(=O)CCC1(C)OC1CC1C[C@](O)(C/C=C/C=C(\C)C2)NC(=O)O1. The molecule has 2 saturated heterocycles. The molecule has 6 N–H and O–H groups in total.